The topological polar surface area (TPSA) is 51.6 Å². The monoisotopic (exact) mass is 615 g/mol. The second-order valence-corrected chi connectivity index (χ2v) is 19.8. The maximum Gasteiger partial charge on any atom is 0.416 e. The van der Waals surface area contributed by atoms with Crippen LogP contribution in [-0.2, 0) is 21.8 Å². The van der Waals surface area contributed by atoms with E-state index in [0.717, 1.165) is 85.2 Å². The fourth-order valence-electron chi connectivity index (χ4n) is 6.75. The zero-order valence-corrected chi connectivity index (χ0v) is 27.8. The molecule has 2 aliphatic carbocycles. The number of rotatable bonds is 6. The number of ether oxygens (including phenoxy) is 1. The normalized spacial score (nSPS) is 22.3. The fraction of sp³-hybridized carbons (Fsp3) is 0.629. The molecule has 1 aromatic carbocycles. The number of benzene rings is 1. The van der Waals surface area contributed by atoms with Crippen molar-refractivity contribution in [2.45, 2.75) is 122 Å². The number of aromatic nitrogens is 1. The molecule has 3 aliphatic rings. The number of aliphatic hydroxyl groups is 1. The van der Waals surface area contributed by atoms with Crippen molar-refractivity contribution in [1.82, 2.24) is 4.98 Å². The molecule has 1 aromatic heterocycles. The highest BCUT2D eigenvalue weighted by Gasteiger charge is 2.45. The summed E-state index contributed by atoms with van der Waals surface area (Å²) in [6.07, 6.45) is 2.71. The van der Waals surface area contributed by atoms with Gasteiger partial charge in [-0.15, -0.1) is 0 Å². The number of pyridine rings is 1. The molecule has 43 heavy (non-hydrogen) atoms. The van der Waals surface area contributed by atoms with Crippen LogP contribution in [0.2, 0.25) is 18.1 Å². The van der Waals surface area contributed by atoms with Crippen molar-refractivity contribution in [2.75, 3.05) is 13.2 Å². The molecule has 2 aromatic rings. The Morgan fingerprint density at radius 1 is 1.07 bits per heavy atom. The molecule has 8 heteroatoms. The van der Waals surface area contributed by atoms with Gasteiger partial charge in [0.2, 0.25) is 0 Å². The molecule has 1 N–H and O–H groups in total. The molecule has 1 saturated heterocycles. The van der Waals surface area contributed by atoms with Gasteiger partial charge < -0.3 is 14.3 Å². The molecule has 0 radical (unpaired) electrons. The molecular formula is C35H48F3NO3Si. The smallest absolute Gasteiger partial charge is 0.410 e. The Kier molecular flexibility index (Phi) is 8.84. The highest BCUT2D eigenvalue weighted by Crippen LogP contribution is 2.52. The summed E-state index contributed by atoms with van der Waals surface area (Å²) in [5.74, 6) is 0.101. The maximum atomic E-state index is 13.4. The lowest BCUT2D eigenvalue weighted by Crippen LogP contribution is -2.44. The zero-order chi connectivity index (χ0) is 31.4. The summed E-state index contributed by atoms with van der Waals surface area (Å²) >= 11 is 0. The van der Waals surface area contributed by atoms with Gasteiger partial charge in [-0.25, -0.2) is 0 Å². The van der Waals surface area contributed by atoms with Crippen LogP contribution in [0.5, 0.6) is 0 Å². The Labute approximate surface area is 256 Å². The Hall–Kier alpha value is -2.00. The molecular weight excluding hydrogens is 567 g/mol. The molecule has 0 amide bonds. The van der Waals surface area contributed by atoms with E-state index in [4.69, 9.17) is 14.1 Å². The first-order valence-corrected chi connectivity index (χ1v) is 18.8. The average Bonchev–Trinajstić information content (AvgIpc) is 3.45. The SMILES string of the molecule is CC1(C)Cc2nc(C3CCOCC3)c(C(O)c3ccc(C(F)(F)F)cc3)c(C3=CCCC3)c2[C@@H](O[Si](C)(C)C(C)(C)C)C1. The Balaban J connectivity index is 1.76. The minimum Gasteiger partial charge on any atom is -0.410 e. The van der Waals surface area contributed by atoms with Gasteiger partial charge >= 0.3 is 6.18 Å². The van der Waals surface area contributed by atoms with Crippen LogP contribution >= 0.6 is 0 Å². The van der Waals surface area contributed by atoms with E-state index in [1.165, 1.54) is 17.7 Å². The molecule has 0 bridgehead atoms. The van der Waals surface area contributed by atoms with E-state index in [2.05, 4.69) is 53.8 Å². The van der Waals surface area contributed by atoms with Crippen LogP contribution in [0.25, 0.3) is 5.57 Å². The van der Waals surface area contributed by atoms with Crippen molar-refractivity contribution in [3.05, 3.63) is 69.5 Å². The van der Waals surface area contributed by atoms with Crippen molar-refractivity contribution in [1.29, 1.82) is 0 Å². The first-order chi connectivity index (χ1) is 20.0. The van der Waals surface area contributed by atoms with Gasteiger partial charge in [-0.1, -0.05) is 52.8 Å². The van der Waals surface area contributed by atoms with Crippen molar-refractivity contribution in [2.24, 2.45) is 5.41 Å². The summed E-state index contributed by atoms with van der Waals surface area (Å²) in [5.41, 5.74) is 5.72. The van der Waals surface area contributed by atoms with Crippen LogP contribution in [-0.4, -0.2) is 31.6 Å². The number of halogens is 3. The molecule has 1 unspecified atom stereocenters. The summed E-state index contributed by atoms with van der Waals surface area (Å²) in [6, 6.07) is 4.97. The van der Waals surface area contributed by atoms with Crippen molar-refractivity contribution >= 4 is 13.9 Å². The Bertz CT molecular complexity index is 1350. The lowest BCUT2D eigenvalue weighted by atomic mass is 9.71. The van der Waals surface area contributed by atoms with E-state index < -0.39 is 26.2 Å². The van der Waals surface area contributed by atoms with Gasteiger partial charge in [-0.05, 0) is 97.3 Å². The Morgan fingerprint density at radius 2 is 1.72 bits per heavy atom. The lowest BCUT2D eigenvalue weighted by molar-refractivity contribution is -0.137. The summed E-state index contributed by atoms with van der Waals surface area (Å²) in [4.78, 5) is 5.42. The number of alkyl halides is 3. The van der Waals surface area contributed by atoms with E-state index in [0.29, 0.717) is 18.8 Å². The second-order valence-electron chi connectivity index (χ2n) is 15.1. The number of nitrogens with zero attached hydrogens (tertiary/aromatic N) is 1. The van der Waals surface area contributed by atoms with Gasteiger partial charge in [0.1, 0.15) is 6.10 Å². The lowest BCUT2D eigenvalue weighted by Gasteiger charge is -2.45. The van der Waals surface area contributed by atoms with E-state index in [1.54, 1.807) is 0 Å². The van der Waals surface area contributed by atoms with Gasteiger partial charge in [0, 0.05) is 36.0 Å². The summed E-state index contributed by atoms with van der Waals surface area (Å²) in [6.45, 7) is 17.1. The molecule has 1 fully saturated rings. The van der Waals surface area contributed by atoms with E-state index in [1.807, 2.05) is 0 Å². The van der Waals surface area contributed by atoms with Crippen molar-refractivity contribution in [3.8, 4) is 0 Å². The van der Waals surface area contributed by atoms with Crippen molar-refractivity contribution < 1.29 is 27.4 Å². The highest BCUT2D eigenvalue weighted by atomic mass is 28.4. The van der Waals surface area contributed by atoms with Crippen LogP contribution in [0, 0.1) is 5.41 Å². The van der Waals surface area contributed by atoms with Crippen LogP contribution < -0.4 is 0 Å². The second kappa shape index (κ2) is 11.7. The minimum atomic E-state index is -4.44. The van der Waals surface area contributed by atoms with Gasteiger partial charge in [0.05, 0.1) is 17.4 Å². The van der Waals surface area contributed by atoms with E-state index >= 15 is 0 Å². The van der Waals surface area contributed by atoms with Crippen LogP contribution in [0.1, 0.15) is 130 Å². The van der Waals surface area contributed by atoms with Gasteiger partial charge in [0.25, 0.3) is 0 Å². The Morgan fingerprint density at radius 3 is 2.28 bits per heavy atom. The molecule has 4 nitrogen and oxygen atoms in total. The third-order valence-electron chi connectivity index (χ3n) is 10.1. The van der Waals surface area contributed by atoms with Crippen LogP contribution in [0.3, 0.4) is 0 Å². The van der Waals surface area contributed by atoms with Gasteiger partial charge in [0.15, 0.2) is 8.32 Å². The number of allylic oxidation sites excluding steroid dienone is 2. The number of hydrogen-bond acceptors (Lipinski definition) is 4. The van der Waals surface area contributed by atoms with Crippen LogP contribution in [0.15, 0.2) is 30.3 Å². The first kappa shape index (κ1) is 32.4. The third kappa shape index (κ3) is 6.68. The summed E-state index contributed by atoms with van der Waals surface area (Å²) in [5, 5.41) is 12.2. The third-order valence-corrected chi connectivity index (χ3v) is 14.6. The highest BCUT2D eigenvalue weighted by molar-refractivity contribution is 6.74. The van der Waals surface area contributed by atoms with Gasteiger partial charge in [-0.2, -0.15) is 13.2 Å². The average molecular weight is 616 g/mol. The standard InChI is InChI=1S/C35H48F3NO3Si/c1-33(2,3)43(6,7)42-27-21-34(4,5)20-26-29(27)28(22-10-8-9-11-22)30(31(39-26)23-16-18-41-19-17-23)32(40)24-12-14-25(15-13-24)35(36,37)38/h10,12-15,23,27,32,40H,8-9,11,16-21H2,1-7H3/t27-,32?/m0/s1. The molecule has 5 rings (SSSR count). The number of fused-ring (bicyclic) bond motifs is 1. The van der Waals surface area contributed by atoms with Crippen LogP contribution in [0.4, 0.5) is 13.2 Å². The number of hydrogen-bond donors (Lipinski definition) is 1. The zero-order valence-electron chi connectivity index (χ0n) is 26.8. The number of aliphatic hydroxyl groups excluding tert-OH is 1. The predicted molar refractivity (Wildman–Crippen MR) is 167 cm³/mol. The minimum absolute atomic E-state index is 0.0135. The fourth-order valence-corrected chi connectivity index (χ4v) is 8.02. The maximum absolute atomic E-state index is 13.4. The first-order valence-electron chi connectivity index (χ1n) is 15.9. The van der Waals surface area contributed by atoms with E-state index in [9.17, 15) is 18.3 Å². The quantitative estimate of drug-likeness (QED) is 0.329. The van der Waals surface area contributed by atoms with E-state index in [-0.39, 0.29) is 22.5 Å². The molecule has 236 valence electrons. The largest absolute Gasteiger partial charge is 0.416 e. The van der Waals surface area contributed by atoms with Crippen molar-refractivity contribution in [3.63, 3.8) is 0 Å². The molecule has 2 atom stereocenters. The predicted octanol–water partition coefficient (Wildman–Crippen LogP) is 9.68. The molecule has 2 heterocycles. The summed E-state index contributed by atoms with van der Waals surface area (Å²) < 4.78 is 53.2. The molecule has 1 aliphatic heterocycles. The molecule has 0 saturated carbocycles. The summed E-state index contributed by atoms with van der Waals surface area (Å²) in [7, 11) is -2.20. The molecule has 0 spiro atoms. The van der Waals surface area contributed by atoms with Gasteiger partial charge in [-0.3, -0.25) is 4.98 Å².